The minimum absolute atomic E-state index is 0.218. The number of hydrogen-bond donors (Lipinski definition) is 12. The Morgan fingerprint density at radius 1 is 0.439 bits per heavy atom. The molecular weight excluding hydrogens is 1060 g/mol. The number of ether oxygens (including phenoxy) is 6. The molecule has 1 amide bonds. The summed E-state index contributed by atoms with van der Waals surface area (Å²) in [5.41, 5.74) is 0. The van der Waals surface area contributed by atoms with Crippen molar-refractivity contribution >= 4 is 5.91 Å². The van der Waals surface area contributed by atoms with Crippen LogP contribution in [-0.2, 0) is 33.2 Å². The van der Waals surface area contributed by atoms with Gasteiger partial charge in [-0.15, -0.1) is 0 Å². The topological polar surface area (TPSA) is 307 Å². The van der Waals surface area contributed by atoms with Crippen LogP contribution in [0.1, 0.15) is 213 Å². The predicted molar refractivity (Wildman–Crippen MR) is 314 cm³/mol. The van der Waals surface area contributed by atoms with Crippen molar-refractivity contribution in [2.45, 2.75) is 317 Å². The van der Waals surface area contributed by atoms with E-state index in [9.17, 15) is 61.0 Å². The van der Waals surface area contributed by atoms with Gasteiger partial charge in [-0.05, 0) is 57.8 Å². The van der Waals surface area contributed by atoms with Crippen molar-refractivity contribution in [3.63, 3.8) is 0 Å². The van der Waals surface area contributed by atoms with Crippen molar-refractivity contribution in [2.75, 3.05) is 26.4 Å². The number of carbonyl (C=O) groups excluding carboxylic acids is 1. The van der Waals surface area contributed by atoms with Crippen LogP contribution >= 0.6 is 0 Å². The van der Waals surface area contributed by atoms with Crippen molar-refractivity contribution in [3.05, 3.63) is 48.6 Å². The largest absolute Gasteiger partial charge is 0.394 e. The molecule has 19 heteroatoms. The Bertz CT molecular complexity index is 1680. The van der Waals surface area contributed by atoms with Gasteiger partial charge in [-0.25, -0.2) is 0 Å². The number of carbonyl (C=O) groups is 1. The number of unbranched alkanes of at least 4 members (excludes halogenated alkanes) is 25. The van der Waals surface area contributed by atoms with Crippen molar-refractivity contribution < 1.29 is 89.4 Å². The van der Waals surface area contributed by atoms with Crippen LogP contribution in [0.5, 0.6) is 0 Å². The molecule has 17 unspecified atom stereocenters. The van der Waals surface area contributed by atoms with Gasteiger partial charge in [0.05, 0.1) is 38.6 Å². The van der Waals surface area contributed by atoms with Crippen LogP contribution in [0.3, 0.4) is 0 Å². The molecule has 19 nitrogen and oxygen atoms in total. The first kappa shape index (κ1) is 74.0. The second kappa shape index (κ2) is 46.0. The Hall–Kier alpha value is -2.25. The third kappa shape index (κ3) is 29.0. The molecule has 82 heavy (non-hydrogen) atoms. The average molecular weight is 1170 g/mol. The number of aliphatic hydroxyl groups is 11. The van der Waals surface area contributed by atoms with Crippen molar-refractivity contribution in [2.24, 2.45) is 0 Å². The lowest BCUT2D eigenvalue weighted by Gasteiger charge is -2.48. The highest BCUT2D eigenvalue weighted by atomic mass is 16.8. The van der Waals surface area contributed by atoms with Crippen LogP contribution in [0, 0.1) is 0 Å². The molecule has 478 valence electrons. The molecule has 3 rings (SSSR count). The van der Waals surface area contributed by atoms with Gasteiger partial charge in [0.1, 0.15) is 73.2 Å². The van der Waals surface area contributed by atoms with E-state index < -0.39 is 124 Å². The molecule has 3 fully saturated rings. The third-order valence-corrected chi connectivity index (χ3v) is 15.8. The highest BCUT2D eigenvalue weighted by Crippen LogP contribution is 2.33. The van der Waals surface area contributed by atoms with Crippen molar-refractivity contribution in [3.8, 4) is 0 Å². The normalized spacial score (nSPS) is 29.9. The average Bonchev–Trinajstić information content (AvgIpc) is 3.42. The molecule has 3 saturated heterocycles. The van der Waals surface area contributed by atoms with Gasteiger partial charge < -0.3 is 89.9 Å². The van der Waals surface area contributed by atoms with Gasteiger partial charge in [-0.1, -0.05) is 197 Å². The lowest BCUT2D eigenvalue weighted by molar-refractivity contribution is -0.379. The number of aliphatic hydroxyl groups excluding tert-OH is 11. The van der Waals surface area contributed by atoms with E-state index in [0.717, 1.165) is 70.6 Å². The lowest BCUT2D eigenvalue weighted by Crippen LogP contribution is -2.66. The summed E-state index contributed by atoms with van der Waals surface area (Å²) in [5, 5.41) is 120. The zero-order valence-electron chi connectivity index (χ0n) is 50.0. The van der Waals surface area contributed by atoms with Gasteiger partial charge in [-0.3, -0.25) is 4.79 Å². The Morgan fingerprint density at radius 3 is 1.34 bits per heavy atom. The van der Waals surface area contributed by atoms with E-state index in [1.165, 1.54) is 109 Å². The molecule has 3 heterocycles. The van der Waals surface area contributed by atoms with Gasteiger partial charge in [0.15, 0.2) is 18.9 Å². The highest BCUT2D eigenvalue weighted by Gasteiger charge is 2.53. The Kier molecular flexibility index (Phi) is 41.5. The molecule has 0 aliphatic carbocycles. The van der Waals surface area contributed by atoms with Gasteiger partial charge in [0, 0.05) is 6.42 Å². The number of rotatable bonds is 47. The van der Waals surface area contributed by atoms with Crippen LogP contribution in [-0.4, -0.2) is 193 Å². The lowest BCUT2D eigenvalue weighted by atomic mass is 9.96. The first-order valence-electron chi connectivity index (χ1n) is 31.9. The minimum atomic E-state index is -1.98. The molecule has 0 bridgehead atoms. The van der Waals surface area contributed by atoms with E-state index in [2.05, 4.69) is 55.6 Å². The molecule has 3 aliphatic rings. The first-order valence-corrected chi connectivity index (χ1v) is 31.9. The van der Waals surface area contributed by atoms with E-state index in [-0.39, 0.29) is 18.9 Å². The highest BCUT2D eigenvalue weighted by molar-refractivity contribution is 5.76. The smallest absolute Gasteiger partial charge is 0.220 e. The molecule has 0 aromatic heterocycles. The summed E-state index contributed by atoms with van der Waals surface area (Å²) < 4.78 is 34.2. The summed E-state index contributed by atoms with van der Waals surface area (Å²) in [4.78, 5) is 13.3. The summed E-state index contributed by atoms with van der Waals surface area (Å²) in [7, 11) is 0. The minimum Gasteiger partial charge on any atom is -0.394 e. The predicted octanol–water partition coefficient (Wildman–Crippen LogP) is 6.65. The summed E-state index contributed by atoms with van der Waals surface area (Å²) in [6, 6.07) is -0.997. The molecule has 0 aromatic carbocycles. The fourth-order valence-corrected chi connectivity index (χ4v) is 10.6. The van der Waals surface area contributed by atoms with Crippen LogP contribution in [0.25, 0.3) is 0 Å². The fraction of sp³-hybridized carbons (Fsp3) is 0.857. The standard InChI is InChI=1S/C63H113NO18/c1-3-5-7-9-11-13-15-17-18-19-20-21-22-23-24-25-26-27-29-30-32-34-36-38-40-47(68)46(64-51(69)41-39-37-35-33-31-28-16-14-12-10-8-6-4-2)45-77-61-57(75)54(72)59(49(43-66)79-61)82-63-58(76)55(73)60(50(44-67)80-63)81-62-56(74)53(71)52(70)48(42-65)78-62/h8,10,14,16,30,32,38,40,46-50,52-63,65-68,70-76H,3-7,9,11-13,15,17-29,31,33-37,39,41-45H2,1-2H3,(H,64,69)/b10-8-,16-14-,32-30+,40-38+. The summed E-state index contributed by atoms with van der Waals surface area (Å²) >= 11 is 0. The number of amides is 1. The Labute approximate surface area is 491 Å². The summed E-state index contributed by atoms with van der Waals surface area (Å²) in [5.74, 6) is -0.301. The Balaban J connectivity index is 1.48. The molecule has 17 atom stereocenters. The van der Waals surface area contributed by atoms with Gasteiger partial charge in [0.25, 0.3) is 0 Å². The van der Waals surface area contributed by atoms with E-state index in [0.29, 0.717) is 12.8 Å². The van der Waals surface area contributed by atoms with Crippen LogP contribution in [0.4, 0.5) is 0 Å². The maximum atomic E-state index is 13.3. The molecule has 0 aromatic rings. The monoisotopic (exact) mass is 1170 g/mol. The molecule has 3 aliphatic heterocycles. The van der Waals surface area contributed by atoms with Crippen molar-refractivity contribution in [1.82, 2.24) is 5.32 Å². The van der Waals surface area contributed by atoms with Crippen LogP contribution in [0.2, 0.25) is 0 Å². The van der Waals surface area contributed by atoms with Gasteiger partial charge in [0.2, 0.25) is 5.91 Å². The zero-order valence-corrected chi connectivity index (χ0v) is 50.0. The van der Waals surface area contributed by atoms with E-state index in [4.69, 9.17) is 28.4 Å². The zero-order chi connectivity index (χ0) is 59.7. The molecule has 0 spiro atoms. The maximum Gasteiger partial charge on any atom is 0.220 e. The Morgan fingerprint density at radius 2 is 0.841 bits per heavy atom. The molecule has 0 radical (unpaired) electrons. The second-order valence-electron chi connectivity index (χ2n) is 22.9. The maximum absolute atomic E-state index is 13.3. The SMILES string of the molecule is CCC/C=C\C/C=C\CCCCCCCC(=O)NC(COC1OC(CO)C(OC2OC(CO)C(OC3OC(CO)C(O)C(O)C3O)C(O)C2O)C(O)C1O)C(O)/C=C/CC/C=C/CCCCCCCCCCCCCCCCCCCC. The number of allylic oxidation sites excluding steroid dienone is 7. The van der Waals surface area contributed by atoms with Gasteiger partial charge in [-0.2, -0.15) is 0 Å². The molecular formula is C63H113NO18. The van der Waals surface area contributed by atoms with E-state index in [1.54, 1.807) is 6.08 Å². The second-order valence-corrected chi connectivity index (χ2v) is 22.9. The van der Waals surface area contributed by atoms with Gasteiger partial charge >= 0.3 is 0 Å². The number of hydrogen-bond acceptors (Lipinski definition) is 18. The molecule has 0 saturated carbocycles. The van der Waals surface area contributed by atoms with Crippen LogP contribution in [0.15, 0.2) is 48.6 Å². The van der Waals surface area contributed by atoms with E-state index in [1.807, 2.05) is 6.08 Å². The quantitative estimate of drug-likeness (QED) is 0.0224. The van der Waals surface area contributed by atoms with Crippen LogP contribution < -0.4 is 5.32 Å². The third-order valence-electron chi connectivity index (χ3n) is 15.8. The number of nitrogens with one attached hydrogen (secondary N) is 1. The van der Waals surface area contributed by atoms with Crippen molar-refractivity contribution in [1.29, 1.82) is 0 Å². The summed E-state index contributed by atoms with van der Waals surface area (Å²) in [6.45, 7) is 1.63. The molecule has 12 N–H and O–H groups in total. The summed E-state index contributed by atoms with van der Waals surface area (Å²) in [6.07, 6.45) is 25.3. The van der Waals surface area contributed by atoms with E-state index >= 15 is 0 Å². The fourth-order valence-electron chi connectivity index (χ4n) is 10.6. The first-order chi connectivity index (χ1) is 39.8.